The Morgan fingerprint density at radius 1 is 1.11 bits per heavy atom. The highest BCUT2D eigenvalue weighted by Gasteiger charge is 2.08. The van der Waals surface area contributed by atoms with Gasteiger partial charge in [0, 0.05) is 5.56 Å². The third-order valence-corrected chi connectivity index (χ3v) is 2.87. The van der Waals surface area contributed by atoms with Gasteiger partial charge in [-0.2, -0.15) is 0 Å². The van der Waals surface area contributed by atoms with Crippen LogP contribution in [0.3, 0.4) is 0 Å². The molecule has 0 atom stereocenters. The van der Waals surface area contributed by atoms with Gasteiger partial charge in [0.25, 0.3) is 0 Å². The number of carbonyl (C=O) groups is 1. The van der Waals surface area contributed by atoms with Gasteiger partial charge in [-0.05, 0) is 37.6 Å². The summed E-state index contributed by atoms with van der Waals surface area (Å²) in [5, 5.41) is 0. The summed E-state index contributed by atoms with van der Waals surface area (Å²) in [6.45, 7) is 3.66. The molecule has 0 aromatic heterocycles. The van der Waals surface area contributed by atoms with E-state index in [1.807, 2.05) is 19.1 Å². The average molecular weight is 258 g/mol. The number of hydrogen-bond donors (Lipinski definition) is 0. The summed E-state index contributed by atoms with van der Waals surface area (Å²) in [4.78, 5) is 11.9. The van der Waals surface area contributed by atoms with E-state index >= 15 is 0 Å². The monoisotopic (exact) mass is 258 g/mol. The molecule has 98 valence electrons. The largest absolute Gasteiger partial charge is 0.485 e. The fraction of sp³-hybridized carbons (Fsp3) is 0.188. The van der Waals surface area contributed by atoms with Crippen molar-refractivity contribution in [3.63, 3.8) is 0 Å². The highest BCUT2D eigenvalue weighted by Crippen LogP contribution is 2.18. The number of rotatable bonds is 4. The Labute approximate surface area is 111 Å². The van der Waals surface area contributed by atoms with E-state index in [2.05, 4.69) is 0 Å². The predicted molar refractivity (Wildman–Crippen MR) is 72.1 cm³/mol. The first-order valence-corrected chi connectivity index (χ1v) is 6.05. The molecule has 0 aliphatic rings. The highest BCUT2D eigenvalue weighted by molar-refractivity contribution is 5.97. The van der Waals surface area contributed by atoms with Crippen LogP contribution in [0.2, 0.25) is 0 Å². The third-order valence-electron chi connectivity index (χ3n) is 2.87. The van der Waals surface area contributed by atoms with Crippen molar-refractivity contribution in [2.45, 2.75) is 13.8 Å². The first kappa shape index (κ1) is 13.3. The summed E-state index contributed by atoms with van der Waals surface area (Å²) < 4.78 is 18.3. The zero-order chi connectivity index (χ0) is 13.8. The molecule has 0 saturated heterocycles. The second-order valence-corrected chi connectivity index (χ2v) is 4.49. The van der Waals surface area contributed by atoms with Gasteiger partial charge in [0.1, 0.15) is 11.6 Å². The summed E-state index contributed by atoms with van der Waals surface area (Å²) in [6.07, 6.45) is 0. The standard InChI is InChI=1S/C16H15FO2/c1-11-3-5-13(6-4-11)15(18)10-19-16-8-7-14(17)9-12(16)2/h3-9H,10H2,1-2H3. The molecule has 0 radical (unpaired) electrons. The normalized spacial score (nSPS) is 10.3. The second-order valence-electron chi connectivity index (χ2n) is 4.49. The van der Waals surface area contributed by atoms with Crippen molar-refractivity contribution >= 4 is 5.78 Å². The van der Waals surface area contributed by atoms with E-state index in [1.54, 1.807) is 19.1 Å². The van der Waals surface area contributed by atoms with Crippen molar-refractivity contribution in [3.8, 4) is 5.75 Å². The summed E-state index contributed by atoms with van der Waals surface area (Å²) in [6, 6.07) is 11.6. The number of carbonyl (C=O) groups excluding carboxylic acids is 1. The maximum atomic E-state index is 12.9. The number of aryl methyl sites for hydroxylation is 2. The quantitative estimate of drug-likeness (QED) is 0.781. The smallest absolute Gasteiger partial charge is 0.200 e. The predicted octanol–water partition coefficient (Wildman–Crippen LogP) is 3.70. The van der Waals surface area contributed by atoms with Gasteiger partial charge in [0.15, 0.2) is 12.4 Å². The van der Waals surface area contributed by atoms with E-state index in [1.165, 1.54) is 18.2 Å². The molecule has 2 nitrogen and oxygen atoms in total. The van der Waals surface area contributed by atoms with Gasteiger partial charge in [-0.3, -0.25) is 4.79 Å². The van der Waals surface area contributed by atoms with Crippen LogP contribution in [0.15, 0.2) is 42.5 Å². The van der Waals surface area contributed by atoms with Crippen molar-refractivity contribution in [1.82, 2.24) is 0 Å². The average Bonchev–Trinajstić information content (AvgIpc) is 2.38. The van der Waals surface area contributed by atoms with Crippen LogP contribution in [0, 0.1) is 19.7 Å². The van der Waals surface area contributed by atoms with Crippen LogP contribution in [-0.2, 0) is 0 Å². The summed E-state index contributed by atoms with van der Waals surface area (Å²) in [5.74, 6) is 0.125. The molecule has 0 amide bonds. The lowest BCUT2D eigenvalue weighted by molar-refractivity contribution is 0.0921. The van der Waals surface area contributed by atoms with Crippen molar-refractivity contribution < 1.29 is 13.9 Å². The van der Waals surface area contributed by atoms with Gasteiger partial charge < -0.3 is 4.74 Å². The van der Waals surface area contributed by atoms with Crippen LogP contribution >= 0.6 is 0 Å². The minimum atomic E-state index is -0.310. The zero-order valence-electron chi connectivity index (χ0n) is 10.9. The molecule has 0 saturated carbocycles. The molecular formula is C16H15FO2. The topological polar surface area (TPSA) is 26.3 Å². The Morgan fingerprint density at radius 3 is 2.42 bits per heavy atom. The Balaban J connectivity index is 2.02. The Bertz CT molecular complexity index is 588. The molecule has 0 heterocycles. The van der Waals surface area contributed by atoms with E-state index in [9.17, 15) is 9.18 Å². The fourth-order valence-electron chi connectivity index (χ4n) is 1.74. The number of hydrogen-bond acceptors (Lipinski definition) is 2. The van der Waals surface area contributed by atoms with E-state index in [-0.39, 0.29) is 18.2 Å². The molecule has 0 aliphatic heterocycles. The molecule has 0 N–H and O–H groups in total. The van der Waals surface area contributed by atoms with Crippen molar-refractivity contribution in [2.75, 3.05) is 6.61 Å². The number of ether oxygens (including phenoxy) is 1. The van der Waals surface area contributed by atoms with E-state index < -0.39 is 0 Å². The highest BCUT2D eigenvalue weighted by atomic mass is 19.1. The van der Waals surface area contributed by atoms with Crippen molar-refractivity contribution in [3.05, 3.63) is 65.0 Å². The molecule has 19 heavy (non-hydrogen) atoms. The zero-order valence-corrected chi connectivity index (χ0v) is 10.9. The Morgan fingerprint density at radius 2 is 1.79 bits per heavy atom. The molecule has 2 aromatic carbocycles. The molecule has 0 unspecified atom stereocenters. The van der Waals surface area contributed by atoms with Gasteiger partial charge in [-0.15, -0.1) is 0 Å². The lowest BCUT2D eigenvalue weighted by Crippen LogP contribution is -2.12. The summed E-state index contributed by atoms with van der Waals surface area (Å²) in [5.41, 5.74) is 2.40. The summed E-state index contributed by atoms with van der Waals surface area (Å²) in [7, 11) is 0. The SMILES string of the molecule is Cc1ccc(C(=O)COc2ccc(F)cc2C)cc1. The van der Waals surface area contributed by atoms with Gasteiger partial charge >= 0.3 is 0 Å². The van der Waals surface area contributed by atoms with Gasteiger partial charge in [-0.25, -0.2) is 4.39 Å². The van der Waals surface area contributed by atoms with Crippen LogP contribution < -0.4 is 4.74 Å². The summed E-state index contributed by atoms with van der Waals surface area (Å²) >= 11 is 0. The molecule has 0 bridgehead atoms. The second kappa shape index (κ2) is 5.65. The fourth-order valence-corrected chi connectivity index (χ4v) is 1.74. The lowest BCUT2D eigenvalue weighted by Gasteiger charge is -2.08. The lowest BCUT2D eigenvalue weighted by atomic mass is 10.1. The van der Waals surface area contributed by atoms with Gasteiger partial charge in [-0.1, -0.05) is 29.8 Å². The van der Waals surface area contributed by atoms with Gasteiger partial charge in [0.2, 0.25) is 0 Å². The molecule has 2 aromatic rings. The molecule has 0 fully saturated rings. The van der Waals surface area contributed by atoms with Gasteiger partial charge in [0.05, 0.1) is 0 Å². The molecule has 0 spiro atoms. The Kier molecular flexibility index (Phi) is 3.95. The van der Waals surface area contributed by atoms with Crippen LogP contribution in [0.5, 0.6) is 5.75 Å². The number of halogens is 1. The molecule has 3 heteroatoms. The van der Waals surface area contributed by atoms with Crippen molar-refractivity contribution in [1.29, 1.82) is 0 Å². The van der Waals surface area contributed by atoms with Crippen LogP contribution in [0.4, 0.5) is 4.39 Å². The molecule has 2 rings (SSSR count). The Hall–Kier alpha value is -2.16. The third kappa shape index (κ3) is 3.41. The molecular weight excluding hydrogens is 243 g/mol. The number of benzene rings is 2. The van der Waals surface area contributed by atoms with E-state index in [4.69, 9.17) is 4.74 Å². The maximum Gasteiger partial charge on any atom is 0.200 e. The number of Topliss-reactive ketones (excluding diaryl/α,β-unsaturated/α-hetero) is 1. The molecule has 0 aliphatic carbocycles. The first-order chi connectivity index (χ1) is 9.06. The first-order valence-electron chi connectivity index (χ1n) is 6.05. The van der Waals surface area contributed by atoms with Crippen LogP contribution in [0.25, 0.3) is 0 Å². The minimum Gasteiger partial charge on any atom is -0.485 e. The van der Waals surface area contributed by atoms with Crippen LogP contribution in [0.1, 0.15) is 21.5 Å². The van der Waals surface area contributed by atoms with Crippen LogP contribution in [-0.4, -0.2) is 12.4 Å². The van der Waals surface area contributed by atoms with Crippen molar-refractivity contribution in [2.24, 2.45) is 0 Å². The number of ketones is 1. The minimum absolute atomic E-state index is 0.0461. The maximum absolute atomic E-state index is 12.9. The van der Waals surface area contributed by atoms with E-state index in [0.29, 0.717) is 16.9 Å². The van der Waals surface area contributed by atoms with E-state index in [0.717, 1.165) is 5.56 Å².